The van der Waals surface area contributed by atoms with Crippen LogP contribution >= 0.6 is 0 Å². The molecule has 106 valence electrons. The van der Waals surface area contributed by atoms with Crippen LogP contribution in [0.3, 0.4) is 0 Å². The highest BCUT2D eigenvalue weighted by Gasteiger charge is 2.16. The van der Waals surface area contributed by atoms with Crippen LogP contribution in [0.15, 0.2) is 42.5 Å². The van der Waals surface area contributed by atoms with Gasteiger partial charge in [-0.1, -0.05) is 18.2 Å². The summed E-state index contributed by atoms with van der Waals surface area (Å²) >= 11 is 0. The van der Waals surface area contributed by atoms with Gasteiger partial charge in [-0.2, -0.15) is 5.10 Å². The molecule has 1 aromatic heterocycles. The third-order valence-corrected chi connectivity index (χ3v) is 3.48. The van der Waals surface area contributed by atoms with Crippen molar-refractivity contribution >= 4 is 22.6 Å². The molecule has 2 aromatic carbocycles. The second-order valence-electron chi connectivity index (χ2n) is 5.05. The van der Waals surface area contributed by atoms with Crippen LogP contribution in [0.4, 0.5) is 5.69 Å². The number of nitrogens with one attached hydrogen (secondary N) is 1. The first-order valence-corrected chi connectivity index (χ1v) is 6.56. The first-order chi connectivity index (χ1) is 10.1. The molecule has 0 amide bonds. The SMILES string of the molecule is CN(C)c1ccc(-c2n[nH]c3cccc(C(=O)O)c23)cc1. The molecule has 0 aliphatic heterocycles. The number of hydrogen-bond acceptors (Lipinski definition) is 3. The molecule has 5 nitrogen and oxygen atoms in total. The van der Waals surface area contributed by atoms with E-state index in [0.29, 0.717) is 11.1 Å². The molecule has 0 saturated heterocycles. The Morgan fingerprint density at radius 3 is 2.48 bits per heavy atom. The number of fused-ring (bicyclic) bond motifs is 1. The van der Waals surface area contributed by atoms with Gasteiger partial charge in [-0.3, -0.25) is 5.10 Å². The fraction of sp³-hybridized carbons (Fsp3) is 0.125. The Morgan fingerprint density at radius 2 is 1.86 bits per heavy atom. The predicted molar refractivity (Wildman–Crippen MR) is 82.8 cm³/mol. The lowest BCUT2D eigenvalue weighted by Gasteiger charge is -2.12. The van der Waals surface area contributed by atoms with E-state index < -0.39 is 5.97 Å². The third-order valence-electron chi connectivity index (χ3n) is 3.48. The zero-order valence-electron chi connectivity index (χ0n) is 11.8. The number of benzene rings is 2. The van der Waals surface area contributed by atoms with Gasteiger partial charge < -0.3 is 10.0 Å². The van der Waals surface area contributed by atoms with E-state index in [2.05, 4.69) is 10.2 Å². The molecule has 0 aliphatic carbocycles. The van der Waals surface area contributed by atoms with Gasteiger partial charge in [0, 0.05) is 30.7 Å². The third kappa shape index (κ3) is 2.23. The van der Waals surface area contributed by atoms with Crippen LogP contribution in [0.25, 0.3) is 22.2 Å². The van der Waals surface area contributed by atoms with Crippen molar-refractivity contribution in [2.75, 3.05) is 19.0 Å². The number of aromatic amines is 1. The number of nitrogens with zero attached hydrogens (tertiary/aromatic N) is 2. The van der Waals surface area contributed by atoms with Gasteiger partial charge in [0.2, 0.25) is 0 Å². The van der Waals surface area contributed by atoms with Crippen molar-refractivity contribution in [3.63, 3.8) is 0 Å². The lowest BCUT2D eigenvalue weighted by atomic mass is 10.0. The van der Waals surface area contributed by atoms with Crippen LogP contribution in [0, 0.1) is 0 Å². The minimum Gasteiger partial charge on any atom is -0.478 e. The monoisotopic (exact) mass is 281 g/mol. The highest BCUT2D eigenvalue weighted by atomic mass is 16.4. The fourth-order valence-electron chi connectivity index (χ4n) is 2.38. The van der Waals surface area contributed by atoms with E-state index >= 15 is 0 Å². The lowest BCUT2D eigenvalue weighted by molar-refractivity contribution is 0.0699. The molecule has 0 atom stereocenters. The normalized spacial score (nSPS) is 10.8. The predicted octanol–water partition coefficient (Wildman–Crippen LogP) is 2.99. The molecule has 0 saturated carbocycles. The molecule has 0 aliphatic rings. The maximum absolute atomic E-state index is 11.4. The Kier molecular flexibility index (Phi) is 3.10. The number of aromatic carboxylic acids is 1. The van der Waals surface area contributed by atoms with Gasteiger partial charge in [0.15, 0.2) is 0 Å². The molecule has 3 aromatic rings. The van der Waals surface area contributed by atoms with Crippen molar-refractivity contribution in [3.05, 3.63) is 48.0 Å². The van der Waals surface area contributed by atoms with Gasteiger partial charge in [-0.25, -0.2) is 4.79 Å². The highest BCUT2D eigenvalue weighted by molar-refractivity contribution is 6.08. The average Bonchev–Trinajstić information content (AvgIpc) is 2.91. The molecule has 0 bridgehead atoms. The summed E-state index contributed by atoms with van der Waals surface area (Å²) in [4.78, 5) is 13.4. The molecule has 2 N–H and O–H groups in total. The number of carbonyl (C=O) groups is 1. The lowest BCUT2D eigenvalue weighted by Crippen LogP contribution is -2.07. The van der Waals surface area contributed by atoms with Crippen LogP contribution in [0.5, 0.6) is 0 Å². The maximum atomic E-state index is 11.4. The largest absolute Gasteiger partial charge is 0.478 e. The molecule has 0 spiro atoms. The molecule has 0 fully saturated rings. The molecular formula is C16H15N3O2. The highest BCUT2D eigenvalue weighted by Crippen LogP contribution is 2.30. The second-order valence-corrected chi connectivity index (χ2v) is 5.05. The number of hydrogen-bond donors (Lipinski definition) is 2. The van der Waals surface area contributed by atoms with Crippen LogP contribution in [0.2, 0.25) is 0 Å². The molecule has 21 heavy (non-hydrogen) atoms. The summed E-state index contributed by atoms with van der Waals surface area (Å²) in [6.45, 7) is 0. The van der Waals surface area contributed by atoms with Crippen LogP contribution in [0.1, 0.15) is 10.4 Å². The van der Waals surface area contributed by atoms with Gasteiger partial charge in [-0.05, 0) is 24.3 Å². The Bertz CT molecular complexity index is 804. The Labute approximate surface area is 121 Å². The Hall–Kier alpha value is -2.82. The van der Waals surface area contributed by atoms with Gasteiger partial charge in [-0.15, -0.1) is 0 Å². The summed E-state index contributed by atoms with van der Waals surface area (Å²) in [6, 6.07) is 13.0. The smallest absolute Gasteiger partial charge is 0.336 e. The van der Waals surface area contributed by atoms with E-state index in [1.165, 1.54) is 0 Å². The fourth-order valence-corrected chi connectivity index (χ4v) is 2.38. The summed E-state index contributed by atoms with van der Waals surface area (Å²) in [7, 11) is 3.95. The van der Waals surface area contributed by atoms with E-state index in [9.17, 15) is 9.90 Å². The first kappa shape index (κ1) is 13.2. The number of carboxylic acids is 1. The quantitative estimate of drug-likeness (QED) is 0.774. The summed E-state index contributed by atoms with van der Waals surface area (Å²) in [5, 5.41) is 17.2. The number of anilines is 1. The molecule has 0 radical (unpaired) electrons. The topological polar surface area (TPSA) is 69.2 Å². The Balaban J connectivity index is 2.18. The van der Waals surface area contributed by atoms with E-state index in [4.69, 9.17) is 0 Å². The summed E-state index contributed by atoms with van der Waals surface area (Å²) < 4.78 is 0. The minimum atomic E-state index is -0.951. The number of H-pyrrole nitrogens is 1. The molecule has 1 heterocycles. The standard InChI is InChI=1S/C16H15N3O2/c1-19(2)11-8-6-10(7-9-11)15-14-12(16(20)21)4-3-5-13(14)17-18-15/h3-9H,1-2H3,(H,17,18)(H,20,21). The van der Waals surface area contributed by atoms with E-state index in [1.54, 1.807) is 12.1 Å². The molecule has 3 rings (SSSR count). The van der Waals surface area contributed by atoms with Crippen molar-refractivity contribution in [1.82, 2.24) is 10.2 Å². The first-order valence-electron chi connectivity index (χ1n) is 6.56. The van der Waals surface area contributed by atoms with Crippen molar-refractivity contribution in [3.8, 4) is 11.3 Å². The molecular weight excluding hydrogens is 266 g/mol. The zero-order chi connectivity index (χ0) is 15.0. The van der Waals surface area contributed by atoms with Gasteiger partial charge in [0.1, 0.15) is 5.69 Å². The van der Waals surface area contributed by atoms with E-state index in [-0.39, 0.29) is 5.56 Å². The number of aromatic nitrogens is 2. The Morgan fingerprint density at radius 1 is 1.14 bits per heavy atom. The summed E-state index contributed by atoms with van der Waals surface area (Å²) in [5.74, 6) is -0.951. The van der Waals surface area contributed by atoms with Crippen LogP contribution in [-0.4, -0.2) is 35.4 Å². The summed E-state index contributed by atoms with van der Waals surface area (Å²) in [5.41, 5.74) is 3.61. The minimum absolute atomic E-state index is 0.257. The summed E-state index contributed by atoms with van der Waals surface area (Å²) in [6.07, 6.45) is 0. The van der Waals surface area contributed by atoms with Crippen molar-refractivity contribution < 1.29 is 9.90 Å². The number of carboxylic acid groups (broad SMARTS) is 1. The van der Waals surface area contributed by atoms with Crippen molar-refractivity contribution in [1.29, 1.82) is 0 Å². The molecule has 0 unspecified atom stereocenters. The van der Waals surface area contributed by atoms with Gasteiger partial charge >= 0.3 is 5.97 Å². The van der Waals surface area contributed by atoms with Crippen LogP contribution in [-0.2, 0) is 0 Å². The number of rotatable bonds is 3. The maximum Gasteiger partial charge on any atom is 0.336 e. The van der Waals surface area contributed by atoms with E-state index in [0.717, 1.165) is 16.8 Å². The van der Waals surface area contributed by atoms with E-state index in [1.807, 2.05) is 49.3 Å². The molecule has 5 heteroatoms. The van der Waals surface area contributed by atoms with Crippen molar-refractivity contribution in [2.24, 2.45) is 0 Å². The van der Waals surface area contributed by atoms with Gasteiger partial charge in [0.05, 0.1) is 11.1 Å². The second kappa shape index (κ2) is 4.94. The van der Waals surface area contributed by atoms with Crippen molar-refractivity contribution in [2.45, 2.75) is 0 Å². The van der Waals surface area contributed by atoms with Crippen LogP contribution < -0.4 is 4.90 Å². The zero-order valence-corrected chi connectivity index (χ0v) is 11.8. The van der Waals surface area contributed by atoms with Gasteiger partial charge in [0.25, 0.3) is 0 Å². The average molecular weight is 281 g/mol.